The van der Waals surface area contributed by atoms with E-state index in [1.54, 1.807) is 13.3 Å². The fourth-order valence-corrected chi connectivity index (χ4v) is 5.47. The Hall–Kier alpha value is -3.12. The normalized spacial score (nSPS) is 23.1. The van der Waals surface area contributed by atoms with Crippen molar-refractivity contribution in [2.45, 2.75) is 50.4 Å². The first kappa shape index (κ1) is 19.6. The molecule has 3 aliphatic rings. The molecule has 6 nitrogen and oxygen atoms in total. The second kappa shape index (κ2) is 7.78. The van der Waals surface area contributed by atoms with Crippen molar-refractivity contribution in [1.29, 1.82) is 0 Å². The van der Waals surface area contributed by atoms with Crippen molar-refractivity contribution in [1.82, 2.24) is 15.3 Å². The lowest BCUT2D eigenvalue weighted by Gasteiger charge is -2.36. The highest BCUT2D eigenvalue weighted by Gasteiger charge is 2.35. The number of nitrogens with one attached hydrogen (secondary N) is 1. The van der Waals surface area contributed by atoms with Crippen LogP contribution in [0, 0.1) is 0 Å². The Labute approximate surface area is 188 Å². The summed E-state index contributed by atoms with van der Waals surface area (Å²) in [4.78, 5) is 11.5. The van der Waals surface area contributed by atoms with Crippen LogP contribution in [0.15, 0.2) is 48.7 Å². The van der Waals surface area contributed by atoms with Gasteiger partial charge in [0.05, 0.1) is 7.11 Å². The Morgan fingerprint density at radius 2 is 1.78 bits per heavy atom. The topological polar surface area (TPSA) is 59.5 Å². The van der Waals surface area contributed by atoms with Crippen LogP contribution in [-0.2, 0) is 6.61 Å². The van der Waals surface area contributed by atoms with Crippen LogP contribution in [0.1, 0.15) is 31.2 Å². The van der Waals surface area contributed by atoms with Crippen LogP contribution >= 0.6 is 0 Å². The van der Waals surface area contributed by atoms with E-state index >= 15 is 0 Å². The summed E-state index contributed by atoms with van der Waals surface area (Å²) in [5, 5.41) is 3.73. The molecular formula is C26H28N4O2. The maximum Gasteiger partial charge on any atom is 0.223 e. The van der Waals surface area contributed by atoms with Gasteiger partial charge in [0.25, 0.3) is 0 Å². The number of anilines is 1. The number of hydrogen-bond donors (Lipinski definition) is 1. The SMILES string of the molecule is COc1cc(-c2ccc3c(c2)COc2nc(N(C)C4C[C@H]5CC[C@@H](C4)N5)ccc2-3)ccn1. The summed E-state index contributed by atoms with van der Waals surface area (Å²) < 4.78 is 11.4. The summed E-state index contributed by atoms with van der Waals surface area (Å²) in [6.07, 6.45) is 6.77. The Morgan fingerprint density at radius 1 is 1.00 bits per heavy atom. The van der Waals surface area contributed by atoms with Crippen molar-refractivity contribution in [2.24, 2.45) is 0 Å². The predicted octanol–water partition coefficient (Wildman–Crippen LogP) is 4.43. The number of rotatable bonds is 4. The van der Waals surface area contributed by atoms with Gasteiger partial charge in [-0.3, -0.25) is 0 Å². The van der Waals surface area contributed by atoms with Crippen LogP contribution in [0.4, 0.5) is 5.82 Å². The average molecular weight is 429 g/mol. The summed E-state index contributed by atoms with van der Waals surface area (Å²) in [5.41, 5.74) is 5.63. The van der Waals surface area contributed by atoms with Crippen LogP contribution in [0.3, 0.4) is 0 Å². The molecule has 1 unspecified atom stereocenters. The molecule has 0 radical (unpaired) electrons. The van der Waals surface area contributed by atoms with Crippen LogP contribution in [0.2, 0.25) is 0 Å². The van der Waals surface area contributed by atoms with E-state index in [1.807, 2.05) is 12.1 Å². The molecule has 1 aromatic carbocycles. The third-order valence-corrected chi connectivity index (χ3v) is 7.24. The summed E-state index contributed by atoms with van der Waals surface area (Å²) in [6.45, 7) is 0.524. The van der Waals surface area contributed by atoms with Crippen LogP contribution < -0.4 is 19.7 Å². The van der Waals surface area contributed by atoms with Crippen molar-refractivity contribution in [2.75, 3.05) is 19.1 Å². The lowest BCUT2D eigenvalue weighted by molar-refractivity contribution is 0.289. The minimum absolute atomic E-state index is 0.524. The standard InChI is InChI=1S/C26H28N4O2/c1-30(21-13-19-4-5-20(14-21)28-19)24-8-7-23-22-6-3-16(11-18(22)15-32-26(23)29-24)17-9-10-27-25(12-17)31-2/h3,6-12,19-21,28H,4-5,13-15H2,1-2H3/t19-,20+,21?. The number of hydrogen-bond acceptors (Lipinski definition) is 6. The zero-order valence-electron chi connectivity index (χ0n) is 18.5. The molecular weight excluding hydrogens is 400 g/mol. The molecule has 1 N–H and O–H groups in total. The minimum atomic E-state index is 0.524. The summed E-state index contributed by atoms with van der Waals surface area (Å²) in [7, 11) is 3.81. The molecule has 3 atom stereocenters. The molecule has 0 aliphatic carbocycles. The van der Waals surface area contributed by atoms with E-state index in [0.29, 0.717) is 30.6 Å². The smallest absolute Gasteiger partial charge is 0.223 e. The average Bonchev–Trinajstić information content (AvgIpc) is 3.19. The number of ether oxygens (including phenoxy) is 2. The molecule has 32 heavy (non-hydrogen) atoms. The van der Waals surface area contributed by atoms with Gasteiger partial charge in [-0.1, -0.05) is 12.1 Å². The number of aromatic nitrogens is 2. The molecule has 5 heterocycles. The Morgan fingerprint density at radius 3 is 2.59 bits per heavy atom. The zero-order valence-corrected chi connectivity index (χ0v) is 18.5. The molecule has 3 aromatic rings. The number of benzene rings is 1. The highest BCUT2D eigenvalue weighted by molar-refractivity contribution is 5.78. The Kier molecular flexibility index (Phi) is 4.76. The van der Waals surface area contributed by atoms with Gasteiger partial charge in [-0.15, -0.1) is 0 Å². The minimum Gasteiger partial charge on any atom is -0.481 e. The molecule has 3 aliphatic heterocycles. The first-order chi connectivity index (χ1) is 15.7. The van der Waals surface area contributed by atoms with Gasteiger partial charge in [0.1, 0.15) is 12.4 Å². The first-order valence-corrected chi connectivity index (χ1v) is 11.4. The van der Waals surface area contributed by atoms with E-state index in [2.05, 4.69) is 52.6 Å². The first-order valence-electron chi connectivity index (χ1n) is 11.4. The summed E-state index contributed by atoms with van der Waals surface area (Å²) >= 11 is 0. The highest BCUT2D eigenvalue weighted by Crippen LogP contribution is 2.40. The molecule has 2 aromatic heterocycles. The van der Waals surface area contributed by atoms with Gasteiger partial charge in [-0.05, 0) is 72.2 Å². The van der Waals surface area contributed by atoms with E-state index < -0.39 is 0 Å². The zero-order chi connectivity index (χ0) is 21.7. The monoisotopic (exact) mass is 428 g/mol. The number of fused-ring (bicyclic) bond motifs is 5. The number of pyridine rings is 2. The van der Waals surface area contributed by atoms with Crippen molar-refractivity contribution in [3.63, 3.8) is 0 Å². The van der Waals surface area contributed by atoms with Crippen molar-refractivity contribution in [3.05, 3.63) is 54.2 Å². The lowest BCUT2D eigenvalue weighted by Crippen LogP contribution is -2.47. The summed E-state index contributed by atoms with van der Waals surface area (Å²) in [5.74, 6) is 2.35. The van der Waals surface area contributed by atoms with E-state index in [0.717, 1.165) is 28.4 Å². The molecule has 2 saturated heterocycles. The molecule has 0 amide bonds. The maximum atomic E-state index is 6.13. The molecule has 2 fully saturated rings. The molecule has 2 bridgehead atoms. The largest absolute Gasteiger partial charge is 0.481 e. The van der Waals surface area contributed by atoms with Crippen LogP contribution in [-0.4, -0.2) is 42.3 Å². The molecule has 6 heteroatoms. The van der Waals surface area contributed by atoms with Crippen molar-refractivity contribution >= 4 is 5.82 Å². The third-order valence-electron chi connectivity index (χ3n) is 7.24. The van der Waals surface area contributed by atoms with Gasteiger partial charge < -0.3 is 19.7 Å². The van der Waals surface area contributed by atoms with E-state index in [4.69, 9.17) is 14.5 Å². The molecule has 164 valence electrons. The van der Waals surface area contributed by atoms with Crippen LogP contribution in [0.5, 0.6) is 11.8 Å². The van der Waals surface area contributed by atoms with Gasteiger partial charge in [-0.25, -0.2) is 4.98 Å². The molecule has 6 rings (SSSR count). The van der Waals surface area contributed by atoms with Crippen molar-refractivity contribution < 1.29 is 9.47 Å². The van der Waals surface area contributed by atoms with Gasteiger partial charge >= 0.3 is 0 Å². The predicted molar refractivity (Wildman–Crippen MR) is 125 cm³/mol. The Balaban J connectivity index is 1.27. The maximum absolute atomic E-state index is 6.13. The van der Waals surface area contributed by atoms with Gasteiger partial charge in [0, 0.05) is 43.0 Å². The van der Waals surface area contributed by atoms with E-state index in [9.17, 15) is 0 Å². The highest BCUT2D eigenvalue weighted by atomic mass is 16.5. The third kappa shape index (κ3) is 3.39. The van der Waals surface area contributed by atoms with E-state index in [1.165, 1.54) is 36.8 Å². The fraction of sp³-hybridized carbons (Fsp3) is 0.385. The van der Waals surface area contributed by atoms with Crippen molar-refractivity contribution in [3.8, 4) is 34.0 Å². The van der Waals surface area contributed by atoms with E-state index in [-0.39, 0.29) is 0 Å². The fourth-order valence-electron chi connectivity index (χ4n) is 5.47. The second-order valence-corrected chi connectivity index (χ2v) is 9.14. The molecule has 0 saturated carbocycles. The van der Waals surface area contributed by atoms with Crippen LogP contribution in [0.25, 0.3) is 22.3 Å². The van der Waals surface area contributed by atoms with Gasteiger partial charge in [0.2, 0.25) is 11.8 Å². The quantitative estimate of drug-likeness (QED) is 0.663. The summed E-state index contributed by atoms with van der Waals surface area (Å²) in [6, 6.07) is 16.6. The number of methoxy groups -OCH3 is 1. The molecule has 0 spiro atoms. The van der Waals surface area contributed by atoms with Gasteiger partial charge in [-0.2, -0.15) is 4.98 Å². The number of piperidine rings is 1. The Bertz CT molecular complexity index is 1150. The second-order valence-electron chi connectivity index (χ2n) is 9.14. The number of nitrogens with zero attached hydrogens (tertiary/aromatic N) is 3. The van der Waals surface area contributed by atoms with Gasteiger partial charge in [0.15, 0.2) is 0 Å². The lowest BCUT2D eigenvalue weighted by atomic mass is 9.94.